The Balaban J connectivity index is 1.11. The number of benzene rings is 1. The summed E-state index contributed by atoms with van der Waals surface area (Å²) in [5, 5.41) is 3.13. The van der Waals surface area contributed by atoms with Gasteiger partial charge < -0.3 is 15.0 Å². The van der Waals surface area contributed by atoms with Gasteiger partial charge in [0.25, 0.3) is 0 Å². The molecule has 0 radical (unpaired) electrons. The van der Waals surface area contributed by atoms with E-state index in [1.54, 1.807) is 6.07 Å². The Bertz CT molecular complexity index is 924. The van der Waals surface area contributed by atoms with Gasteiger partial charge in [-0.05, 0) is 62.7 Å². The first kappa shape index (κ1) is 25.3. The van der Waals surface area contributed by atoms with Crippen LogP contribution in [0.4, 0.5) is 18.9 Å². The smallest absolute Gasteiger partial charge is 0.388 e. The van der Waals surface area contributed by atoms with Crippen LogP contribution in [0.5, 0.6) is 5.88 Å². The molecule has 2 fully saturated rings. The van der Waals surface area contributed by atoms with Crippen molar-refractivity contribution in [1.82, 2.24) is 15.2 Å². The van der Waals surface area contributed by atoms with Crippen LogP contribution in [0.2, 0.25) is 0 Å². The van der Waals surface area contributed by atoms with Crippen molar-refractivity contribution < 1.29 is 22.7 Å². The summed E-state index contributed by atoms with van der Waals surface area (Å²) in [7, 11) is 0. The van der Waals surface area contributed by atoms with Crippen molar-refractivity contribution in [3.05, 3.63) is 54.2 Å². The molecule has 0 atom stereocenters. The van der Waals surface area contributed by atoms with Gasteiger partial charge in [-0.1, -0.05) is 30.3 Å². The van der Waals surface area contributed by atoms with Crippen LogP contribution in [0.3, 0.4) is 0 Å². The molecular formula is C26H33F3N4O2. The van der Waals surface area contributed by atoms with Crippen molar-refractivity contribution in [2.45, 2.75) is 45.0 Å². The lowest BCUT2D eigenvalue weighted by molar-refractivity contribution is -0.276. The first-order valence-electron chi connectivity index (χ1n) is 12.4. The average Bonchev–Trinajstić information content (AvgIpc) is 2.85. The van der Waals surface area contributed by atoms with Gasteiger partial charge in [-0.15, -0.1) is 13.2 Å². The van der Waals surface area contributed by atoms with Crippen LogP contribution >= 0.6 is 0 Å². The molecule has 0 saturated carbocycles. The fourth-order valence-electron chi connectivity index (χ4n) is 4.96. The fourth-order valence-corrected chi connectivity index (χ4v) is 4.96. The number of rotatable bonds is 8. The molecule has 1 aromatic heterocycles. The molecular weight excluding hydrogens is 457 g/mol. The molecule has 4 rings (SSSR count). The molecule has 1 amide bonds. The Morgan fingerprint density at radius 2 is 1.71 bits per heavy atom. The van der Waals surface area contributed by atoms with Gasteiger partial charge in [0.05, 0.1) is 11.9 Å². The lowest BCUT2D eigenvalue weighted by Gasteiger charge is -2.33. The average molecular weight is 491 g/mol. The molecule has 2 saturated heterocycles. The number of carbonyl (C=O) groups is 1. The van der Waals surface area contributed by atoms with E-state index >= 15 is 0 Å². The summed E-state index contributed by atoms with van der Waals surface area (Å²) >= 11 is 0. The second-order valence-electron chi connectivity index (χ2n) is 9.45. The van der Waals surface area contributed by atoms with Gasteiger partial charge in [-0.25, -0.2) is 4.98 Å². The SMILES string of the molecule is O=C(NCCC1CCN(Cc2ccccc2)CC1)C1CCN(c2ccc(OC(F)(F)F)nc2)CC1. The summed E-state index contributed by atoms with van der Waals surface area (Å²) in [6.07, 6.45) is 1.41. The van der Waals surface area contributed by atoms with Crippen molar-refractivity contribution in [2.24, 2.45) is 11.8 Å². The summed E-state index contributed by atoms with van der Waals surface area (Å²) in [6.45, 7) is 5.25. The predicted molar refractivity (Wildman–Crippen MR) is 128 cm³/mol. The lowest BCUT2D eigenvalue weighted by Crippen LogP contribution is -2.41. The number of nitrogens with one attached hydrogen (secondary N) is 1. The number of piperidine rings is 2. The minimum Gasteiger partial charge on any atom is -0.388 e. The number of amides is 1. The van der Waals surface area contributed by atoms with Gasteiger partial charge in [0.1, 0.15) is 0 Å². The maximum Gasteiger partial charge on any atom is 0.574 e. The molecule has 0 aliphatic carbocycles. The Labute approximate surface area is 204 Å². The molecule has 0 spiro atoms. The minimum atomic E-state index is -4.75. The van der Waals surface area contributed by atoms with Gasteiger partial charge >= 0.3 is 6.36 Å². The van der Waals surface area contributed by atoms with Crippen LogP contribution in [-0.2, 0) is 11.3 Å². The van der Waals surface area contributed by atoms with E-state index in [0.29, 0.717) is 38.4 Å². The third kappa shape index (κ3) is 7.85. The molecule has 1 aromatic carbocycles. The number of anilines is 1. The maximum atomic E-state index is 12.6. The van der Waals surface area contributed by atoms with Crippen molar-refractivity contribution in [2.75, 3.05) is 37.6 Å². The highest BCUT2D eigenvalue weighted by Crippen LogP contribution is 2.26. The number of halogens is 3. The number of hydrogen-bond acceptors (Lipinski definition) is 5. The summed E-state index contributed by atoms with van der Waals surface area (Å²) < 4.78 is 40.7. The van der Waals surface area contributed by atoms with E-state index in [9.17, 15) is 18.0 Å². The highest BCUT2D eigenvalue weighted by Gasteiger charge is 2.32. The second-order valence-corrected chi connectivity index (χ2v) is 9.45. The third-order valence-corrected chi connectivity index (χ3v) is 6.98. The standard InChI is InChI=1S/C26H33F3N4O2/c27-26(28,29)35-24-7-6-23(18-31-24)33-16-11-22(12-17-33)25(34)30-13-8-20-9-14-32(15-10-20)19-21-4-2-1-3-5-21/h1-7,18,20,22H,8-17,19H2,(H,30,34). The van der Waals surface area contributed by atoms with Crippen molar-refractivity contribution in [1.29, 1.82) is 0 Å². The van der Waals surface area contributed by atoms with Gasteiger partial charge in [-0.2, -0.15) is 0 Å². The van der Waals surface area contributed by atoms with Gasteiger partial charge in [0.2, 0.25) is 11.8 Å². The number of likely N-dealkylation sites (tertiary alicyclic amines) is 1. The largest absolute Gasteiger partial charge is 0.574 e. The first-order valence-corrected chi connectivity index (χ1v) is 12.4. The summed E-state index contributed by atoms with van der Waals surface area (Å²) in [5.74, 6) is 0.260. The molecule has 2 aliphatic heterocycles. The van der Waals surface area contributed by atoms with Crippen molar-refractivity contribution in [3.8, 4) is 5.88 Å². The molecule has 0 unspecified atom stereocenters. The predicted octanol–water partition coefficient (Wildman–Crippen LogP) is 4.62. The normalized spacial score (nSPS) is 18.4. The van der Waals surface area contributed by atoms with Gasteiger partial charge in [0.15, 0.2) is 0 Å². The van der Waals surface area contributed by atoms with E-state index in [4.69, 9.17) is 0 Å². The Hall–Kier alpha value is -2.81. The zero-order chi connectivity index (χ0) is 24.7. The number of nitrogens with zero attached hydrogens (tertiary/aromatic N) is 3. The van der Waals surface area contributed by atoms with E-state index in [-0.39, 0.29) is 11.8 Å². The first-order chi connectivity index (χ1) is 16.9. The highest BCUT2D eigenvalue weighted by molar-refractivity contribution is 5.79. The Morgan fingerprint density at radius 1 is 1.00 bits per heavy atom. The van der Waals surface area contributed by atoms with Crippen LogP contribution in [-0.4, -0.2) is 54.9 Å². The van der Waals surface area contributed by atoms with E-state index in [0.717, 1.165) is 31.7 Å². The Morgan fingerprint density at radius 3 is 2.34 bits per heavy atom. The summed E-state index contributed by atoms with van der Waals surface area (Å²) in [5.41, 5.74) is 2.09. The van der Waals surface area contributed by atoms with Crippen LogP contribution in [0.1, 0.15) is 37.7 Å². The highest BCUT2D eigenvalue weighted by atomic mass is 19.4. The number of pyridine rings is 1. The molecule has 6 nitrogen and oxygen atoms in total. The number of aromatic nitrogens is 1. The summed E-state index contributed by atoms with van der Waals surface area (Å²) in [6, 6.07) is 13.3. The topological polar surface area (TPSA) is 57.7 Å². The van der Waals surface area contributed by atoms with E-state index in [1.165, 1.54) is 30.7 Å². The van der Waals surface area contributed by atoms with Crippen molar-refractivity contribution >= 4 is 11.6 Å². The van der Waals surface area contributed by atoms with Gasteiger partial charge in [0, 0.05) is 38.2 Å². The zero-order valence-electron chi connectivity index (χ0n) is 19.8. The number of alkyl halides is 3. The molecule has 2 aliphatic rings. The monoisotopic (exact) mass is 490 g/mol. The van der Waals surface area contributed by atoms with Gasteiger partial charge in [-0.3, -0.25) is 9.69 Å². The quantitative estimate of drug-likeness (QED) is 0.586. The zero-order valence-corrected chi connectivity index (χ0v) is 19.8. The minimum absolute atomic E-state index is 0.0280. The molecule has 0 bridgehead atoms. The fraction of sp³-hybridized carbons (Fsp3) is 0.538. The molecule has 9 heteroatoms. The van der Waals surface area contributed by atoms with Crippen LogP contribution in [0.25, 0.3) is 0 Å². The number of hydrogen-bond donors (Lipinski definition) is 1. The maximum absolute atomic E-state index is 12.6. The van der Waals surface area contributed by atoms with E-state index in [1.807, 2.05) is 11.0 Å². The number of ether oxygens (including phenoxy) is 1. The number of carbonyl (C=O) groups excluding carboxylic acids is 1. The molecule has 1 N–H and O–H groups in total. The third-order valence-electron chi connectivity index (χ3n) is 6.98. The Kier molecular flexibility index (Phi) is 8.49. The van der Waals surface area contributed by atoms with Crippen LogP contribution in [0.15, 0.2) is 48.7 Å². The van der Waals surface area contributed by atoms with Crippen molar-refractivity contribution in [3.63, 3.8) is 0 Å². The molecule has 3 heterocycles. The van der Waals surface area contributed by atoms with Crippen LogP contribution < -0.4 is 15.0 Å². The van der Waals surface area contributed by atoms with Crippen LogP contribution in [0, 0.1) is 11.8 Å². The molecule has 35 heavy (non-hydrogen) atoms. The summed E-state index contributed by atoms with van der Waals surface area (Å²) in [4.78, 5) is 20.9. The van der Waals surface area contributed by atoms with E-state index < -0.39 is 12.2 Å². The molecule has 2 aromatic rings. The second kappa shape index (κ2) is 11.7. The lowest BCUT2D eigenvalue weighted by atomic mass is 9.92. The van der Waals surface area contributed by atoms with E-state index in [2.05, 4.69) is 44.2 Å². The molecule has 190 valence electrons.